The van der Waals surface area contributed by atoms with Crippen molar-refractivity contribution >= 4 is 51.4 Å². The molecule has 0 fully saturated rings. The van der Waals surface area contributed by atoms with Crippen molar-refractivity contribution in [1.82, 2.24) is 20.8 Å². The maximum Gasteiger partial charge on any atom is 0.248 e. The van der Waals surface area contributed by atoms with Crippen LogP contribution in [0.4, 0.5) is 0 Å². The first-order valence-electron chi connectivity index (χ1n) is 8.58. The molecule has 1 atom stereocenters. The lowest BCUT2D eigenvalue weighted by Gasteiger charge is -2.17. The fraction of sp³-hybridized carbons (Fsp3) is 0.471. The van der Waals surface area contributed by atoms with E-state index in [1.54, 1.807) is 12.1 Å². The fourth-order valence-electron chi connectivity index (χ4n) is 2.23. The van der Waals surface area contributed by atoms with Gasteiger partial charge in [0, 0.05) is 29.4 Å². The molecule has 1 aromatic carbocycles. The Bertz CT molecular complexity index is 888. The second kappa shape index (κ2) is 11.6. The lowest BCUT2D eigenvalue weighted by molar-refractivity contribution is 0.380. The third-order valence-electron chi connectivity index (χ3n) is 3.57. The Labute approximate surface area is 187 Å². The standard InChI is InChI=1S/C17H24ClN5O3S.HI/c1-4-19-17(21-12(2)8-9-27(3,24)25)20-11-15-22-16(23-26-15)13-6-5-7-14(18)10-13;/h5-7,10,12H,4,8-9,11H2,1-3H3,(H2,19,20,21);1H. The van der Waals surface area contributed by atoms with Crippen molar-refractivity contribution in [3.05, 3.63) is 35.2 Å². The molecule has 0 saturated carbocycles. The van der Waals surface area contributed by atoms with Crippen LogP contribution in [-0.2, 0) is 16.4 Å². The van der Waals surface area contributed by atoms with Crippen LogP contribution in [0, 0.1) is 0 Å². The molecular formula is C17H25ClIN5O3S. The number of aliphatic imine (C=N–C) groups is 1. The van der Waals surface area contributed by atoms with E-state index < -0.39 is 9.84 Å². The number of aromatic nitrogens is 2. The third-order valence-corrected chi connectivity index (χ3v) is 4.78. The average molecular weight is 542 g/mol. The molecule has 0 bridgehead atoms. The second-order valence-electron chi connectivity index (χ2n) is 6.18. The van der Waals surface area contributed by atoms with Gasteiger partial charge in [0.25, 0.3) is 0 Å². The molecule has 8 nitrogen and oxygen atoms in total. The Balaban J connectivity index is 0.00000392. The molecule has 2 rings (SSSR count). The lowest BCUT2D eigenvalue weighted by Crippen LogP contribution is -2.42. The van der Waals surface area contributed by atoms with Crippen molar-refractivity contribution in [2.24, 2.45) is 4.99 Å². The molecule has 0 aliphatic heterocycles. The van der Waals surface area contributed by atoms with Crippen LogP contribution in [0.25, 0.3) is 11.4 Å². The molecule has 0 aliphatic rings. The van der Waals surface area contributed by atoms with Crippen LogP contribution >= 0.6 is 35.6 Å². The highest BCUT2D eigenvalue weighted by atomic mass is 127. The highest BCUT2D eigenvalue weighted by Gasteiger charge is 2.11. The Kier molecular flexibility index (Phi) is 10.2. The predicted octanol–water partition coefficient (Wildman–Crippen LogP) is 2.89. The van der Waals surface area contributed by atoms with Crippen molar-refractivity contribution in [2.75, 3.05) is 18.6 Å². The van der Waals surface area contributed by atoms with E-state index in [0.29, 0.717) is 35.7 Å². The zero-order chi connectivity index (χ0) is 19.9. The van der Waals surface area contributed by atoms with Gasteiger partial charge in [-0.2, -0.15) is 4.98 Å². The van der Waals surface area contributed by atoms with Crippen LogP contribution in [0.1, 0.15) is 26.2 Å². The molecule has 1 aromatic heterocycles. The normalized spacial score (nSPS) is 12.9. The van der Waals surface area contributed by atoms with Crippen LogP contribution in [-0.4, -0.2) is 49.1 Å². The highest BCUT2D eigenvalue weighted by molar-refractivity contribution is 14.0. The van der Waals surface area contributed by atoms with Gasteiger partial charge in [-0.25, -0.2) is 13.4 Å². The molecule has 0 amide bonds. The van der Waals surface area contributed by atoms with Crippen molar-refractivity contribution in [2.45, 2.75) is 32.9 Å². The van der Waals surface area contributed by atoms with E-state index >= 15 is 0 Å². The smallest absolute Gasteiger partial charge is 0.248 e. The zero-order valence-electron chi connectivity index (χ0n) is 16.0. The second-order valence-corrected chi connectivity index (χ2v) is 8.88. The molecule has 2 N–H and O–H groups in total. The summed E-state index contributed by atoms with van der Waals surface area (Å²) in [7, 11) is -2.99. The minimum Gasteiger partial charge on any atom is -0.357 e. The van der Waals surface area contributed by atoms with E-state index in [1.165, 1.54) is 6.26 Å². The van der Waals surface area contributed by atoms with Gasteiger partial charge in [0.15, 0.2) is 5.96 Å². The molecule has 1 unspecified atom stereocenters. The van der Waals surface area contributed by atoms with Crippen molar-refractivity contribution < 1.29 is 12.9 Å². The van der Waals surface area contributed by atoms with Gasteiger partial charge >= 0.3 is 0 Å². The van der Waals surface area contributed by atoms with Gasteiger partial charge in [-0.3, -0.25) is 0 Å². The molecular weight excluding hydrogens is 517 g/mol. The SMILES string of the molecule is CCNC(=NCc1nc(-c2cccc(Cl)c2)no1)NC(C)CCS(C)(=O)=O.I. The predicted molar refractivity (Wildman–Crippen MR) is 122 cm³/mol. The van der Waals surface area contributed by atoms with Gasteiger partial charge in [0.05, 0.1) is 5.75 Å². The number of nitrogens with zero attached hydrogens (tertiary/aromatic N) is 3. The number of rotatable bonds is 8. The van der Waals surface area contributed by atoms with E-state index in [4.69, 9.17) is 16.1 Å². The van der Waals surface area contributed by atoms with Crippen LogP contribution in [0.15, 0.2) is 33.8 Å². The molecule has 11 heteroatoms. The number of nitrogens with one attached hydrogen (secondary N) is 2. The molecule has 2 aromatic rings. The van der Waals surface area contributed by atoms with E-state index in [0.717, 1.165) is 5.56 Å². The molecule has 0 spiro atoms. The monoisotopic (exact) mass is 541 g/mol. The van der Waals surface area contributed by atoms with Gasteiger partial charge in [0.2, 0.25) is 11.7 Å². The number of hydrogen-bond donors (Lipinski definition) is 2. The molecule has 0 radical (unpaired) electrons. The van der Waals surface area contributed by atoms with Gasteiger partial charge in [-0.05, 0) is 32.4 Å². The van der Waals surface area contributed by atoms with E-state index in [9.17, 15) is 8.42 Å². The third kappa shape index (κ3) is 8.74. The van der Waals surface area contributed by atoms with Gasteiger partial charge in [-0.1, -0.05) is 28.9 Å². The summed E-state index contributed by atoms with van der Waals surface area (Å²) in [5.74, 6) is 1.49. The minimum atomic E-state index is -2.99. The summed E-state index contributed by atoms with van der Waals surface area (Å²) in [5.41, 5.74) is 0.765. The summed E-state index contributed by atoms with van der Waals surface area (Å²) >= 11 is 5.98. The van der Waals surface area contributed by atoms with Gasteiger partial charge in [0.1, 0.15) is 16.4 Å². The number of benzene rings is 1. The minimum absolute atomic E-state index is 0. The Morgan fingerprint density at radius 2 is 2.14 bits per heavy atom. The van der Waals surface area contributed by atoms with Crippen LogP contribution in [0.2, 0.25) is 5.02 Å². The molecule has 0 saturated heterocycles. The molecule has 156 valence electrons. The largest absolute Gasteiger partial charge is 0.357 e. The summed E-state index contributed by atoms with van der Waals surface area (Å²) in [5, 5.41) is 10.8. The number of halogens is 2. The Morgan fingerprint density at radius 1 is 1.39 bits per heavy atom. The molecule has 1 heterocycles. The van der Waals surface area contributed by atoms with Crippen LogP contribution in [0.5, 0.6) is 0 Å². The van der Waals surface area contributed by atoms with Crippen LogP contribution in [0.3, 0.4) is 0 Å². The lowest BCUT2D eigenvalue weighted by atomic mass is 10.2. The zero-order valence-corrected chi connectivity index (χ0v) is 19.9. The number of hydrogen-bond acceptors (Lipinski definition) is 6. The van der Waals surface area contributed by atoms with Crippen LogP contribution < -0.4 is 10.6 Å². The highest BCUT2D eigenvalue weighted by Crippen LogP contribution is 2.20. The maximum atomic E-state index is 11.3. The maximum absolute atomic E-state index is 11.3. The first-order chi connectivity index (χ1) is 12.8. The summed E-state index contributed by atoms with van der Waals surface area (Å²) in [6, 6.07) is 7.14. The summed E-state index contributed by atoms with van der Waals surface area (Å²) in [4.78, 5) is 8.74. The summed E-state index contributed by atoms with van der Waals surface area (Å²) < 4.78 is 27.8. The van der Waals surface area contributed by atoms with E-state index in [-0.39, 0.29) is 42.3 Å². The number of sulfone groups is 1. The fourth-order valence-corrected chi connectivity index (χ4v) is 3.20. The quantitative estimate of drug-likeness (QED) is 0.300. The first-order valence-corrected chi connectivity index (χ1v) is 11.0. The first kappa shape index (κ1) is 24.6. The molecule has 0 aliphatic carbocycles. The van der Waals surface area contributed by atoms with Crippen molar-refractivity contribution in [3.8, 4) is 11.4 Å². The summed E-state index contributed by atoms with van der Waals surface area (Å²) in [6.07, 6.45) is 1.72. The average Bonchev–Trinajstić information content (AvgIpc) is 3.07. The Hall–Kier alpha value is -1.40. The topological polar surface area (TPSA) is 109 Å². The Morgan fingerprint density at radius 3 is 2.79 bits per heavy atom. The van der Waals surface area contributed by atoms with E-state index in [2.05, 4.69) is 25.8 Å². The number of guanidine groups is 1. The van der Waals surface area contributed by atoms with Crippen molar-refractivity contribution in [1.29, 1.82) is 0 Å². The van der Waals surface area contributed by atoms with Crippen molar-refractivity contribution in [3.63, 3.8) is 0 Å². The van der Waals surface area contributed by atoms with Gasteiger partial charge < -0.3 is 15.2 Å². The van der Waals surface area contributed by atoms with E-state index in [1.807, 2.05) is 26.0 Å². The van der Waals surface area contributed by atoms with Gasteiger partial charge in [-0.15, -0.1) is 24.0 Å². The summed E-state index contributed by atoms with van der Waals surface area (Å²) in [6.45, 7) is 4.72. The molecule has 28 heavy (non-hydrogen) atoms.